The fourth-order valence-corrected chi connectivity index (χ4v) is 4.53. The third-order valence-electron chi connectivity index (χ3n) is 4.61. The van der Waals surface area contributed by atoms with Gasteiger partial charge in [-0.2, -0.15) is 5.10 Å². The van der Waals surface area contributed by atoms with Gasteiger partial charge in [-0.1, -0.05) is 11.6 Å². The van der Waals surface area contributed by atoms with E-state index in [1.54, 1.807) is 30.4 Å². The molecule has 8 nitrogen and oxygen atoms in total. The number of thiophene rings is 1. The number of fused-ring (bicyclic) bond motifs is 3. The van der Waals surface area contributed by atoms with Gasteiger partial charge in [-0.3, -0.25) is 14.0 Å². The zero-order valence-electron chi connectivity index (χ0n) is 15.0. The molecule has 27 heavy (non-hydrogen) atoms. The first kappa shape index (κ1) is 18.4. The molecule has 1 aliphatic rings. The predicted molar refractivity (Wildman–Crippen MR) is 105 cm³/mol. The Bertz CT molecular complexity index is 1090. The fourth-order valence-electron chi connectivity index (χ4n) is 3.37. The van der Waals surface area contributed by atoms with Crippen LogP contribution < -0.4 is 16.2 Å². The van der Waals surface area contributed by atoms with Gasteiger partial charge in [0, 0.05) is 12.6 Å². The van der Waals surface area contributed by atoms with Crippen molar-refractivity contribution in [2.45, 2.75) is 38.5 Å². The van der Waals surface area contributed by atoms with Gasteiger partial charge in [0.15, 0.2) is 5.82 Å². The van der Waals surface area contributed by atoms with Gasteiger partial charge in [0.05, 0.1) is 14.6 Å². The van der Waals surface area contributed by atoms with Gasteiger partial charge in [-0.05, 0) is 38.9 Å². The number of amides is 1. The second-order valence-corrected chi connectivity index (χ2v) is 8.98. The average molecular weight is 410 g/mol. The fraction of sp³-hybridized carbons (Fsp3) is 0.471. The number of nitrogens with one attached hydrogen (secondary N) is 2. The Hall–Kier alpha value is -1.94. The Kier molecular flexibility index (Phi) is 4.50. The molecule has 0 spiro atoms. The lowest BCUT2D eigenvalue weighted by Gasteiger charge is -2.20. The molecule has 1 fully saturated rings. The molecule has 4 rings (SSSR count). The van der Waals surface area contributed by atoms with Gasteiger partial charge in [0.25, 0.3) is 5.56 Å². The highest BCUT2D eigenvalue weighted by atomic mass is 35.5. The highest BCUT2D eigenvalue weighted by molar-refractivity contribution is 7.22. The molecule has 1 atom stereocenters. The van der Waals surface area contributed by atoms with Crippen molar-refractivity contribution in [3.05, 3.63) is 32.6 Å². The third-order valence-corrected chi connectivity index (χ3v) is 5.81. The molecule has 1 saturated heterocycles. The lowest BCUT2D eigenvalue weighted by Crippen LogP contribution is -2.41. The summed E-state index contributed by atoms with van der Waals surface area (Å²) < 4.78 is 4.15. The van der Waals surface area contributed by atoms with Crippen molar-refractivity contribution in [1.29, 1.82) is 0 Å². The van der Waals surface area contributed by atoms with Crippen molar-refractivity contribution in [2.24, 2.45) is 0 Å². The molecule has 0 aromatic carbocycles. The summed E-state index contributed by atoms with van der Waals surface area (Å²) >= 11 is 7.44. The van der Waals surface area contributed by atoms with Crippen molar-refractivity contribution in [3.8, 4) is 0 Å². The summed E-state index contributed by atoms with van der Waals surface area (Å²) in [4.78, 5) is 25.3. The minimum atomic E-state index is -1.32. The predicted octanol–water partition coefficient (Wildman–Crippen LogP) is 1.07. The van der Waals surface area contributed by atoms with E-state index in [0.29, 0.717) is 9.85 Å². The maximum absolute atomic E-state index is 12.9. The summed E-state index contributed by atoms with van der Waals surface area (Å²) in [5.41, 5.74) is -0.632. The van der Waals surface area contributed by atoms with Gasteiger partial charge in [-0.15, -0.1) is 11.3 Å². The monoisotopic (exact) mass is 409 g/mol. The van der Waals surface area contributed by atoms with Gasteiger partial charge < -0.3 is 15.7 Å². The number of aliphatic hydroxyl groups is 1. The van der Waals surface area contributed by atoms with Crippen LogP contribution in [0.25, 0.3) is 15.7 Å². The Labute approximate surface area is 163 Å². The highest BCUT2D eigenvalue weighted by Crippen LogP contribution is 2.33. The first-order chi connectivity index (χ1) is 12.7. The lowest BCUT2D eigenvalue weighted by atomic mass is 10.1. The minimum absolute atomic E-state index is 0.0615. The molecule has 0 unspecified atom stereocenters. The van der Waals surface area contributed by atoms with Gasteiger partial charge in [-0.25, -0.2) is 4.68 Å². The lowest BCUT2D eigenvalue weighted by molar-refractivity contribution is -0.122. The van der Waals surface area contributed by atoms with E-state index in [0.717, 1.165) is 34.4 Å². The molecule has 0 saturated carbocycles. The van der Waals surface area contributed by atoms with Crippen LogP contribution in [0.1, 0.15) is 26.1 Å². The number of carbonyl (C=O) groups is 1. The third kappa shape index (κ3) is 3.36. The molecule has 3 N–H and O–H groups in total. The number of rotatable bonds is 4. The molecular formula is C17H20ClN5O3S. The summed E-state index contributed by atoms with van der Waals surface area (Å²) in [7, 11) is 0. The van der Waals surface area contributed by atoms with Gasteiger partial charge in [0.1, 0.15) is 17.7 Å². The van der Waals surface area contributed by atoms with E-state index < -0.39 is 5.60 Å². The van der Waals surface area contributed by atoms with Crippen LogP contribution in [0.4, 0.5) is 0 Å². The Morgan fingerprint density at radius 3 is 2.93 bits per heavy atom. The molecule has 3 aromatic heterocycles. The molecule has 3 aromatic rings. The maximum atomic E-state index is 12.9. The van der Waals surface area contributed by atoms with Gasteiger partial charge >= 0.3 is 0 Å². The first-order valence-electron chi connectivity index (χ1n) is 8.68. The zero-order valence-corrected chi connectivity index (χ0v) is 16.5. The summed E-state index contributed by atoms with van der Waals surface area (Å²) in [5, 5.41) is 21.0. The molecule has 4 heterocycles. The van der Waals surface area contributed by atoms with Crippen molar-refractivity contribution in [3.63, 3.8) is 0 Å². The smallest absolute Gasteiger partial charge is 0.291 e. The van der Waals surface area contributed by atoms with Crippen LogP contribution in [0.15, 0.2) is 16.9 Å². The largest absolute Gasteiger partial charge is 0.382 e. The van der Waals surface area contributed by atoms with Crippen LogP contribution in [0.5, 0.6) is 0 Å². The summed E-state index contributed by atoms with van der Waals surface area (Å²) in [6.07, 6.45) is 0.859. The number of hydrogen-bond donors (Lipinski definition) is 3. The van der Waals surface area contributed by atoms with Crippen LogP contribution in [0, 0.1) is 0 Å². The minimum Gasteiger partial charge on any atom is -0.382 e. The second kappa shape index (κ2) is 6.59. The van der Waals surface area contributed by atoms with Crippen molar-refractivity contribution >= 4 is 44.6 Å². The van der Waals surface area contributed by atoms with E-state index in [9.17, 15) is 14.7 Å². The number of aromatic nitrogens is 3. The Balaban J connectivity index is 1.80. The second-order valence-electron chi connectivity index (χ2n) is 7.27. The standard InChI is InChI=1S/C17H20ClN5O3S/c1-17(2,26)16-21-22(8-14(24)20-9-3-4-19-7-9)15(25)11-5-12-10(23(11)16)6-13(18)27-12/h5-6,9,19,26H,3-4,7-8H2,1-2H3,(H,20,24)/t9-/m1/s1. The summed E-state index contributed by atoms with van der Waals surface area (Å²) in [6.45, 7) is 4.56. The Morgan fingerprint density at radius 2 is 2.26 bits per heavy atom. The molecule has 144 valence electrons. The Morgan fingerprint density at radius 1 is 1.48 bits per heavy atom. The van der Waals surface area contributed by atoms with Crippen LogP contribution in [0.2, 0.25) is 4.34 Å². The SMILES string of the molecule is CC(C)(O)c1nn(CC(=O)N[C@@H]2CCNC2)c(=O)c2cc3sc(Cl)cc3n12. The normalized spacial score (nSPS) is 17.9. The van der Waals surface area contributed by atoms with Crippen LogP contribution in [0.3, 0.4) is 0 Å². The quantitative estimate of drug-likeness (QED) is 0.598. The highest BCUT2D eigenvalue weighted by Gasteiger charge is 2.27. The van der Waals surface area contributed by atoms with E-state index in [1.165, 1.54) is 11.3 Å². The number of nitrogens with zero attached hydrogens (tertiary/aromatic N) is 3. The summed E-state index contributed by atoms with van der Waals surface area (Å²) in [6, 6.07) is 3.53. The van der Waals surface area contributed by atoms with Crippen molar-refractivity contribution < 1.29 is 9.90 Å². The maximum Gasteiger partial charge on any atom is 0.291 e. The van der Waals surface area contributed by atoms with E-state index in [4.69, 9.17) is 11.6 Å². The molecular weight excluding hydrogens is 390 g/mol. The molecule has 1 aliphatic heterocycles. The molecule has 0 radical (unpaired) electrons. The molecule has 10 heteroatoms. The van der Waals surface area contributed by atoms with Crippen LogP contribution in [-0.2, 0) is 16.9 Å². The van der Waals surface area contributed by atoms with Crippen molar-refractivity contribution in [1.82, 2.24) is 24.8 Å². The zero-order chi connectivity index (χ0) is 19.3. The van der Waals surface area contributed by atoms with E-state index in [1.807, 2.05) is 0 Å². The van der Waals surface area contributed by atoms with Crippen LogP contribution >= 0.6 is 22.9 Å². The summed E-state index contributed by atoms with van der Waals surface area (Å²) in [5.74, 6) is -0.00217. The van der Waals surface area contributed by atoms with E-state index in [2.05, 4.69) is 15.7 Å². The first-order valence-corrected chi connectivity index (χ1v) is 9.88. The van der Waals surface area contributed by atoms with Crippen molar-refractivity contribution in [2.75, 3.05) is 13.1 Å². The molecule has 1 amide bonds. The topological polar surface area (TPSA) is 101 Å². The molecule has 0 bridgehead atoms. The number of halogens is 1. The van der Waals surface area contributed by atoms with E-state index >= 15 is 0 Å². The average Bonchev–Trinajstić information content (AvgIpc) is 3.25. The van der Waals surface area contributed by atoms with Crippen LogP contribution in [-0.4, -0.2) is 44.3 Å². The molecule has 0 aliphatic carbocycles. The number of carbonyl (C=O) groups excluding carboxylic acids is 1. The van der Waals surface area contributed by atoms with E-state index in [-0.39, 0.29) is 29.9 Å². The van der Waals surface area contributed by atoms with Gasteiger partial charge in [0.2, 0.25) is 5.91 Å². The number of hydrogen-bond acceptors (Lipinski definition) is 6.